The number of rotatable bonds is 6. The lowest BCUT2D eigenvalue weighted by Gasteiger charge is -2.14. The van der Waals surface area contributed by atoms with E-state index in [9.17, 15) is 0 Å². The molecule has 0 spiro atoms. The van der Waals surface area contributed by atoms with E-state index in [1.807, 2.05) is 13.8 Å². The molecule has 1 aromatic carbocycles. The second-order valence-electron chi connectivity index (χ2n) is 5.10. The monoisotopic (exact) mass is 260 g/mol. The van der Waals surface area contributed by atoms with Gasteiger partial charge in [-0.05, 0) is 42.9 Å². The summed E-state index contributed by atoms with van der Waals surface area (Å²) < 4.78 is 0. The fourth-order valence-corrected chi connectivity index (χ4v) is 2.35. The number of aryl methyl sites for hydroxylation is 1. The molecule has 0 saturated heterocycles. The van der Waals surface area contributed by atoms with Crippen LogP contribution in [0.3, 0.4) is 0 Å². The van der Waals surface area contributed by atoms with E-state index in [4.69, 9.17) is 0 Å². The average Bonchev–Trinajstić information content (AvgIpc) is 2.43. The Morgan fingerprint density at radius 2 is 1.89 bits per heavy atom. The number of allylic oxidation sites excluding steroid dienone is 1. The van der Waals surface area contributed by atoms with Crippen LogP contribution in [0.4, 0.5) is 0 Å². The van der Waals surface area contributed by atoms with E-state index in [-0.39, 0.29) is 0 Å². The lowest BCUT2D eigenvalue weighted by atomic mass is 9.91. The van der Waals surface area contributed by atoms with Gasteiger partial charge in [-0.15, -0.1) is 0 Å². The SMILES string of the molecule is C/C=C\c1c(C)cccc1CC(C)CCCC.CC. The number of benzene rings is 1. The highest BCUT2D eigenvalue weighted by atomic mass is 14.1. The van der Waals surface area contributed by atoms with Crippen LogP contribution in [0.5, 0.6) is 0 Å². The maximum Gasteiger partial charge on any atom is -0.0198 e. The molecule has 0 fully saturated rings. The van der Waals surface area contributed by atoms with Crippen molar-refractivity contribution >= 4 is 6.08 Å². The molecule has 0 nitrogen and oxygen atoms in total. The molecule has 0 radical (unpaired) electrons. The summed E-state index contributed by atoms with van der Waals surface area (Å²) in [6, 6.07) is 6.67. The van der Waals surface area contributed by atoms with Crippen molar-refractivity contribution in [3.8, 4) is 0 Å². The van der Waals surface area contributed by atoms with Crippen molar-refractivity contribution in [2.24, 2.45) is 5.92 Å². The van der Waals surface area contributed by atoms with Crippen LogP contribution in [0.15, 0.2) is 24.3 Å². The predicted molar refractivity (Wildman–Crippen MR) is 89.6 cm³/mol. The highest BCUT2D eigenvalue weighted by Crippen LogP contribution is 2.21. The molecule has 1 atom stereocenters. The Bertz CT molecular complexity index is 360. The second kappa shape index (κ2) is 10.8. The standard InChI is InChI=1S/C17H26.C2H6/c1-5-7-10-14(3)13-16-12-8-11-15(4)17(16)9-6-2;1-2/h6,8-9,11-12,14H,5,7,10,13H2,1-4H3;1-2H3/b9-6-;. The summed E-state index contributed by atoms with van der Waals surface area (Å²) in [5.41, 5.74) is 4.33. The molecule has 0 aliphatic heterocycles. The van der Waals surface area contributed by atoms with Gasteiger partial charge in [0.15, 0.2) is 0 Å². The fraction of sp³-hybridized carbons (Fsp3) is 0.579. The highest BCUT2D eigenvalue weighted by Gasteiger charge is 2.07. The lowest BCUT2D eigenvalue weighted by molar-refractivity contribution is 0.503. The smallest absolute Gasteiger partial charge is 0.0198 e. The molecule has 0 aromatic heterocycles. The van der Waals surface area contributed by atoms with E-state index >= 15 is 0 Å². The highest BCUT2D eigenvalue weighted by molar-refractivity contribution is 5.57. The molecule has 0 heteroatoms. The first-order valence-electron chi connectivity index (χ1n) is 7.90. The van der Waals surface area contributed by atoms with Gasteiger partial charge in [0.2, 0.25) is 0 Å². The zero-order valence-electron chi connectivity index (χ0n) is 13.8. The third-order valence-electron chi connectivity index (χ3n) is 3.37. The summed E-state index contributed by atoms with van der Waals surface area (Å²) in [6.45, 7) is 12.9. The average molecular weight is 260 g/mol. The van der Waals surface area contributed by atoms with Crippen molar-refractivity contribution in [1.29, 1.82) is 0 Å². The van der Waals surface area contributed by atoms with Crippen LogP contribution >= 0.6 is 0 Å². The minimum absolute atomic E-state index is 0.792. The third kappa shape index (κ3) is 6.61. The molecule has 1 rings (SSSR count). The molecule has 0 aliphatic carbocycles. The summed E-state index contributed by atoms with van der Waals surface area (Å²) in [5, 5.41) is 0. The first-order valence-corrected chi connectivity index (χ1v) is 7.90. The van der Waals surface area contributed by atoms with Gasteiger partial charge < -0.3 is 0 Å². The molecule has 0 aliphatic rings. The minimum atomic E-state index is 0.792. The predicted octanol–water partition coefficient (Wildman–Crippen LogP) is 6.42. The Hall–Kier alpha value is -1.04. The molecule has 0 saturated carbocycles. The third-order valence-corrected chi connectivity index (χ3v) is 3.37. The van der Waals surface area contributed by atoms with Gasteiger partial charge in [-0.2, -0.15) is 0 Å². The number of hydrogen-bond acceptors (Lipinski definition) is 0. The maximum atomic E-state index is 2.37. The Morgan fingerprint density at radius 1 is 1.21 bits per heavy atom. The van der Waals surface area contributed by atoms with Gasteiger partial charge in [0.1, 0.15) is 0 Å². The van der Waals surface area contributed by atoms with E-state index in [0.717, 1.165) is 5.92 Å². The molecule has 0 bridgehead atoms. The molecule has 0 amide bonds. The molecule has 1 aromatic rings. The quantitative estimate of drug-likeness (QED) is 0.553. The number of unbranched alkanes of at least 4 members (excludes halogenated alkanes) is 1. The van der Waals surface area contributed by atoms with E-state index < -0.39 is 0 Å². The summed E-state index contributed by atoms with van der Waals surface area (Å²) in [4.78, 5) is 0. The van der Waals surface area contributed by atoms with Crippen LogP contribution in [-0.2, 0) is 6.42 Å². The van der Waals surface area contributed by atoms with Crippen molar-refractivity contribution < 1.29 is 0 Å². The van der Waals surface area contributed by atoms with E-state index in [1.165, 1.54) is 42.4 Å². The van der Waals surface area contributed by atoms with Gasteiger partial charge in [0, 0.05) is 0 Å². The molecule has 0 N–H and O–H groups in total. The van der Waals surface area contributed by atoms with Crippen molar-refractivity contribution in [3.05, 3.63) is 41.0 Å². The normalized spacial score (nSPS) is 12.1. The van der Waals surface area contributed by atoms with Gasteiger partial charge in [0.05, 0.1) is 0 Å². The lowest BCUT2D eigenvalue weighted by Crippen LogP contribution is -2.02. The first-order chi connectivity index (χ1) is 9.19. The molecule has 108 valence electrons. The Kier molecular flexibility index (Phi) is 10.2. The van der Waals surface area contributed by atoms with Crippen LogP contribution < -0.4 is 0 Å². The van der Waals surface area contributed by atoms with Gasteiger partial charge in [-0.1, -0.05) is 77.3 Å². The second-order valence-corrected chi connectivity index (χ2v) is 5.10. The van der Waals surface area contributed by atoms with E-state index in [1.54, 1.807) is 0 Å². The van der Waals surface area contributed by atoms with Crippen LogP contribution in [-0.4, -0.2) is 0 Å². The van der Waals surface area contributed by atoms with Crippen LogP contribution in [0.2, 0.25) is 0 Å². The Balaban J connectivity index is 0.00000154. The largest absolute Gasteiger partial charge is 0.0870 e. The van der Waals surface area contributed by atoms with Gasteiger partial charge in [-0.25, -0.2) is 0 Å². The van der Waals surface area contributed by atoms with Crippen molar-refractivity contribution in [2.75, 3.05) is 0 Å². The van der Waals surface area contributed by atoms with Crippen LogP contribution in [0, 0.1) is 12.8 Å². The fourth-order valence-electron chi connectivity index (χ4n) is 2.35. The van der Waals surface area contributed by atoms with Gasteiger partial charge in [-0.3, -0.25) is 0 Å². The number of hydrogen-bond donors (Lipinski definition) is 0. The maximum absolute atomic E-state index is 2.37. The Morgan fingerprint density at radius 3 is 2.47 bits per heavy atom. The zero-order chi connectivity index (χ0) is 14.7. The minimum Gasteiger partial charge on any atom is -0.0870 e. The summed E-state index contributed by atoms with van der Waals surface area (Å²) in [7, 11) is 0. The Labute approximate surface area is 120 Å². The zero-order valence-corrected chi connectivity index (χ0v) is 13.8. The summed E-state index contributed by atoms with van der Waals surface area (Å²) in [5.74, 6) is 0.792. The molecule has 19 heavy (non-hydrogen) atoms. The van der Waals surface area contributed by atoms with E-state index in [2.05, 4.69) is 58.0 Å². The van der Waals surface area contributed by atoms with Crippen molar-refractivity contribution in [2.45, 2.75) is 67.2 Å². The van der Waals surface area contributed by atoms with Gasteiger partial charge >= 0.3 is 0 Å². The molecule has 1 unspecified atom stereocenters. The first kappa shape index (κ1) is 18.0. The van der Waals surface area contributed by atoms with Crippen LogP contribution in [0.25, 0.3) is 6.08 Å². The molecular formula is C19H32. The summed E-state index contributed by atoms with van der Waals surface area (Å²) >= 11 is 0. The van der Waals surface area contributed by atoms with Crippen molar-refractivity contribution in [3.63, 3.8) is 0 Å². The molecule has 0 heterocycles. The van der Waals surface area contributed by atoms with Gasteiger partial charge in [0.25, 0.3) is 0 Å². The summed E-state index contributed by atoms with van der Waals surface area (Å²) in [6.07, 6.45) is 9.60. The van der Waals surface area contributed by atoms with Crippen molar-refractivity contribution in [1.82, 2.24) is 0 Å². The van der Waals surface area contributed by atoms with E-state index in [0.29, 0.717) is 0 Å². The van der Waals surface area contributed by atoms with Crippen LogP contribution in [0.1, 0.15) is 70.6 Å². The molecular weight excluding hydrogens is 228 g/mol. The topological polar surface area (TPSA) is 0 Å².